The normalized spacial score (nSPS) is 13.7. The monoisotopic (exact) mass is 395 g/mol. The molecule has 1 aliphatic carbocycles. The van der Waals surface area contributed by atoms with Crippen LogP contribution in [-0.4, -0.2) is 39.3 Å². The largest absolute Gasteiger partial charge is 0.352 e. The van der Waals surface area contributed by atoms with Gasteiger partial charge in [0.1, 0.15) is 11.5 Å². The lowest BCUT2D eigenvalue weighted by Crippen LogP contribution is -2.30. The summed E-state index contributed by atoms with van der Waals surface area (Å²) in [6, 6.07) is 1.94. The molecule has 146 valence electrons. The van der Waals surface area contributed by atoms with E-state index in [2.05, 4.69) is 30.7 Å². The number of nitrogens with zero attached hydrogens (tertiary/aromatic N) is 5. The summed E-state index contributed by atoms with van der Waals surface area (Å²) in [6.45, 7) is 6.63. The molecule has 0 N–H and O–H groups in total. The van der Waals surface area contributed by atoms with Crippen molar-refractivity contribution in [1.29, 1.82) is 0 Å². The van der Waals surface area contributed by atoms with Crippen molar-refractivity contribution in [1.82, 2.24) is 19.9 Å². The number of ketones is 1. The average molecular weight is 396 g/mol. The van der Waals surface area contributed by atoms with E-state index < -0.39 is 0 Å². The molecule has 0 aliphatic heterocycles. The van der Waals surface area contributed by atoms with Gasteiger partial charge in [-0.3, -0.25) is 9.78 Å². The standard InChI is InChI=1S/C21H25N5OS/c1-21(2,3)9-13(27)11-26(4)20-14-6-5-7-15(14)24-19(25-20)17-8-16-18(10-22-17)28-12-23-16/h8,10,12H,5-7,9,11H2,1-4H3. The fourth-order valence-corrected chi connectivity index (χ4v) is 4.34. The van der Waals surface area contributed by atoms with Gasteiger partial charge in [-0.2, -0.15) is 0 Å². The van der Waals surface area contributed by atoms with Crippen LogP contribution < -0.4 is 4.90 Å². The molecule has 3 heterocycles. The molecule has 0 unspecified atom stereocenters. The third-order valence-corrected chi connectivity index (χ3v) is 5.64. The highest BCUT2D eigenvalue weighted by Gasteiger charge is 2.24. The minimum absolute atomic E-state index is 0.0103. The fraction of sp³-hybridized carbons (Fsp3) is 0.476. The number of aryl methyl sites for hydroxylation is 1. The Morgan fingerprint density at radius 2 is 2.04 bits per heavy atom. The zero-order chi connectivity index (χ0) is 19.9. The minimum atomic E-state index is -0.0103. The van der Waals surface area contributed by atoms with E-state index in [1.165, 1.54) is 5.56 Å². The Morgan fingerprint density at radius 3 is 2.82 bits per heavy atom. The Balaban J connectivity index is 1.68. The van der Waals surface area contributed by atoms with E-state index >= 15 is 0 Å². The lowest BCUT2D eigenvalue weighted by molar-refractivity contribution is -0.119. The van der Waals surface area contributed by atoms with Crippen LogP contribution in [0.5, 0.6) is 0 Å². The van der Waals surface area contributed by atoms with Crippen molar-refractivity contribution >= 4 is 33.2 Å². The van der Waals surface area contributed by atoms with Gasteiger partial charge in [-0.05, 0) is 30.7 Å². The van der Waals surface area contributed by atoms with Crippen LogP contribution in [0.2, 0.25) is 0 Å². The van der Waals surface area contributed by atoms with Crippen molar-refractivity contribution in [2.45, 2.75) is 46.5 Å². The number of anilines is 1. The van der Waals surface area contributed by atoms with E-state index in [0.29, 0.717) is 18.8 Å². The van der Waals surface area contributed by atoms with Crippen molar-refractivity contribution in [2.75, 3.05) is 18.5 Å². The molecule has 0 amide bonds. The number of rotatable bonds is 5. The van der Waals surface area contributed by atoms with Gasteiger partial charge in [-0.1, -0.05) is 20.8 Å². The predicted molar refractivity (Wildman–Crippen MR) is 113 cm³/mol. The molecule has 1 aliphatic rings. The zero-order valence-corrected chi connectivity index (χ0v) is 17.6. The number of hydrogen-bond acceptors (Lipinski definition) is 7. The fourth-order valence-electron chi connectivity index (χ4n) is 3.72. The molecule has 0 saturated heterocycles. The smallest absolute Gasteiger partial charge is 0.180 e. The van der Waals surface area contributed by atoms with Crippen molar-refractivity contribution in [3.63, 3.8) is 0 Å². The van der Waals surface area contributed by atoms with Gasteiger partial charge in [0.25, 0.3) is 0 Å². The molecule has 0 atom stereocenters. The molecular weight excluding hydrogens is 370 g/mol. The van der Waals surface area contributed by atoms with Gasteiger partial charge in [-0.25, -0.2) is 15.0 Å². The Labute approximate surface area is 169 Å². The summed E-state index contributed by atoms with van der Waals surface area (Å²) in [4.78, 5) is 33.0. The van der Waals surface area contributed by atoms with E-state index in [1.54, 1.807) is 11.3 Å². The van der Waals surface area contributed by atoms with Gasteiger partial charge in [-0.15, -0.1) is 11.3 Å². The molecule has 0 saturated carbocycles. The van der Waals surface area contributed by atoms with Crippen molar-refractivity contribution in [3.8, 4) is 11.5 Å². The van der Waals surface area contributed by atoms with Gasteiger partial charge < -0.3 is 4.90 Å². The summed E-state index contributed by atoms with van der Waals surface area (Å²) >= 11 is 1.57. The zero-order valence-electron chi connectivity index (χ0n) is 16.8. The maximum Gasteiger partial charge on any atom is 0.180 e. The maximum atomic E-state index is 12.5. The molecule has 6 nitrogen and oxygen atoms in total. The molecule has 3 aromatic heterocycles. The van der Waals surface area contributed by atoms with Crippen LogP contribution in [0, 0.1) is 5.41 Å². The number of pyridine rings is 1. The average Bonchev–Trinajstić information content (AvgIpc) is 3.27. The van der Waals surface area contributed by atoms with Crippen molar-refractivity contribution < 1.29 is 4.79 Å². The van der Waals surface area contributed by atoms with Gasteiger partial charge in [0, 0.05) is 30.9 Å². The molecule has 0 aromatic carbocycles. The number of fused-ring (bicyclic) bond motifs is 2. The Hall–Kier alpha value is -2.41. The quantitative estimate of drug-likeness (QED) is 0.648. The minimum Gasteiger partial charge on any atom is -0.352 e. The maximum absolute atomic E-state index is 12.5. The highest BCUT2D eigenvalue weighted by Crippen LogP contribution is 2.31. The molecule has 0 bridgehead atoms. The number of likely N-dealkylation sites (N-methyl/N-ethyl adjacent to an activating group) is 1. The van der Waals surface area contributed by atoms with Gasteiger partial charge in [0.2, 0.25) is 0 Å². The summed E-state index contributed by atoms with van der Waals surface area (Å²) in [7, 11) is 1.95. The summed E-state index contributed by atoms with van der Waals surface area (Å²) < 4.78 is 1.05. The summed E-state index contributed by atoms with van der Waals surface area (Å²) in [5.74, 6) is 1.70. The molecule has 28 heavy (non-hydrogen) atoms. The third-order valence-electron chi connectivity index (χ3n) is 4.86. The highest BCUT2D eigenvalue weighted by molar-refractivity contribution is 7.16. The lowest BCUT2D eigenvalue weighted by Gasteiger charge is -2.23. The molecule has 0 spiro atoms. The predicted octanol–water partition coefficient (Wildman–Crippen LogP) is 4.08. The third kappa shape index (κ3) is 3.90. The van der Waals surface area contributed by atoms with Crippen LogP contribution in [0.25, 0.3) is 21.7 Å². The van der Waals surface area contributed by atoms with E-state index in [-0.39, 0.29) is 11.2 Å². The Morgan fingerprint density at radius 1 is 1.21 bits per heavy atom. The van der Waals surface area contributed by atoms with Crippen LogP contribution in [0.4, 0.5) is 5.82 Å². The first-order chi connectivity index (χ1) is 13.3. The van der Waals surface area contributed by atoms with E-state index in [4.69, 9.17) is 9.97 Å². The van der Waals surface area contributed by atoms with Gasteiger partial charge in [0.15, 0.2) is 11.6 Å². The van der Waals surface area contributed by atoms with Crippen LogP contribution in [0.1, 0.15) is 44.9 Å². The first-order valence-corrected chi connectivity index (χ1v) is 10.5. The molecule has 3 aromatic rings. The van der Waals surface area contributed by atoms with Gasteiger partial charge >= 0.3 is 0 Å². The Bertz CT molecular complexity index is 1040. The number of hydrogen-bond donors (Lipinski definition) is 0. The van der Waals surface area contributed by atoms with E-state index in [9.17, 15) is 4.79 Å². The number of carbonyl (C=O) groups is 1. The molecule has 0 fully saturated rings. The Kier molecular flexibility index (Phi) is 4.87. The molecule has 7 heteroatoms. The first kappa shape index (κ1) is 18.9. The summed E-state index contributed by atoms with van der Waals surface area (Å²) in [5.41, 5.74) is 5.70. The van der Waals surface area contributed by atoms with Gasteiger partial charge in [0.05, 0.1) is 22.3 Å². The van der Waals surface area contributed by atoms with Crippen LogP contribution in [0.15, 0.2) is 17.8 Å². The molecule has 4 rings (SSSR count). The summed E-state index contributed by atoms with van der Waals surface area (Å²) in [5, 5.41) is 0. The second kappa shape index (κ2) is 7.20. The lowest BCUT2D eigenvalue weighted by atomic mass is 9.90. The van der Waals surface area contributed by atoms with Crippen LogP contribution in [-0.2, 0) is 17.6 Å². The summed E-state index contributed by atoms with van der Waals surface area (Å²) in [6.07, 6.45) is 5.36. The number of carbonyl (C=O) groups excluding carboxylic acids is 1. The van der Waals surface area contributed by atoms with Crippen molar-refractivity contribution in [3.05, 3.63) is 29.0 Å². The first-order valence-electron chi connectivity index (χ1n) is 9.62. The second-order valence-corrected chi connectivity index (χ2v) is 9.56. The number of thiazole rings is 1. The number of aromatic nitrogens is 4. The van der Waals surface area contributed by atoms with Crippen LogP contribution >= 0.6 is 11.3 Å². The van der Waals surface area contributed by atoms with E-state index in [0.717, 1.165) is 46.7 Å². The highest BCUT2D eigenvalue weighted by atomic mass is 32.1. The van der Waals surface area contributed by atoms with E-state index in [1.807, 2.05) is 29.7 Å². The molecule has 0 radical (unpaired) electrons. The topological polar surface area (TPSA) is 71.9 Å². The molecular formula is C21H25N5OS. The van der Waals surface area contributed by atoms with Crippen LogP contribution in [0.3, 0.4) is 0 Å². The SMILES string of the molecule is CN(CC(=O)CC(C)(C)C)c1nc(-c2cc3ncsc3cn2)nc2c1CCC2. The van der Waals surface area contributed by atoms with Crippen molar-refractivity contribution in [2.24, 2.45) is 5.41 Å². The number of Topliss-reactive ketones (excluding diaryl/α,β-unsaturated/α-hetero) is 1. The second-order valence-electron chi connectivity index (χ2n) is 8.67.